The number of nitrogens with zero attached hydrogens (tertiary/aromatic N) is 1. The molecular weight excluding hydrogens is 346 g/mol. The molecule has 1 aliphatic heterocycles. The number of hydrogen-bond donors (Lipinski definition) is 0. The summed E-state index contributed by atoms with van der Waals surface area (Å²) in [6.07, 6.45) is 7.98. The van der Waals surface area contributed by atoms with Crippen LogP contribution in [-0.2, 0) is 11.2 Å². The number of hydrogen-bond acceptors (Lipinski definition) is 4. The van der Waals surface area contributed by atoms with Crippen molar-refractivity contribution in [2.75, 3.05) is 20.8 Å². The van der Waals surface area contributed by atoms with Gasteiger partial charge in [0.05, 0.1) is 20.3 Å². The van der Waals surface area contributed by atoms with Crippen molar-refractivity contribution in [3.63, 3.8) is 0 Å². The Kier molecular flexibility index (Phi) is 5.78. The van der Waals surface area contributed by atoms with Crippen LogP contribution in [-0.4, -0.2) is 31.6 Å². The maximum Gasteiger partial charge on any atom is 0.247 e. The number of benzene rings is 1. The van der Waals surface area contributed by atoms with Crippen molar-refractivity contribution >= 4 is 17.2 Å². The number of fused-ring (bicyclic) bond motifs is 1. The van der Waals surface area contributed by atoms with Gasteiger partial charge in [0.2, 0.25) is 5.91 Å². The second kappa shape index (κ2) is 8.23. The highest BCUT2D eigenvalue weighted by Gasteiger charge is 2.33. The first kappa shape index (κ1) is 18.3. The van der Waals surface area contributed by atoms with Gasteiger partial charge in [0.1, 0.15) is 0 Å². The van der Waals surface area contributed by atoms with E-state index in [1.165, 1.54) is 5.56 Å². The molecule has 1 atom stereocenters. The van der Waals surface area contributed by atoms with Gasteiger partial charge in [-0.2, -0.15) is 0 Å². The van der Waals surface area contributed by atoms with Crippen molar-refractivity contribution < 1.29 is 14.3 Å². The van der Waals surface area contributed by atoms with Crippen LogP contribution in [0.25, 0.3) is 0 Å². The van der Waals surface area contributed by atoms with E-state index in [1.807, 2.05) is 47.6 Å². The molecule has 0 radical (unpaired) electrons. The molecule has 5 heteroatoms. The number of rotatable bonds is 5. The molecule has 1 aliphatic rings. The maximum atomic E-state index is 12.8. The first-order chi connectivity index (χ1) is 12.7. The summed E-state index contributed by atoms with van der Waals surface area (Å²) in [5.74, 6) is 1.43. The number of carbonyl (C=O) groups is 1. The number of ether oxygens (including phenoxy) is 2. The fourth-order valence-corrected chi connectivity index (χ4v) is 4.14. The second-order valence-electron chi connectivity index (χ2n) is 5.99. The Morgan fingerprint density at radius 2 is 2.00 bits per heavy atom. The lowest BCUT2D eigenvalue weighted by Crippen LogP contribution is -2.39. The molecule has 0 fully saturated rings. The smallest absolute Gasteiger partial charge is 0.247 e. The van der Waals surface area contributed by atoms with Crippen molar-refractivity contribution in [2.45, 2.75) is 19.4 Å². The van der Waals surface area contributed by atoms with E-state index in [9.17, 15) is 4.79 Å². The molecule has 0 N–H and O–H groups in total. The van der Waals surface area contributed by atoms with E-state index in [0.29, 0.717) is 12.3 Å². The molecular formula is C21H23NO3S. The summed E-state index contributed by atoms with van der Waals surface area (Å²) >= 11 is 1.66. The van der Waals surface area contributed by atoms with Crippen LogP contribution in [0.5, 0.6) is 11.5 Å². The molecule has 0 saturated carbocycles. The normalized spacial score (nSPS) is 16.9. The molecule has 1 aromatic carbocycles. The Morgan fingerprint density at radius 1 is 1.23 bits per heavy atom. The maximum absolute atomic E-state index is 12.8. The number of carbonyl (C=O) groups excluding carboxylic acids is 1. The van der Waals surface area contributed by atoms with Crippen LogP contribution in [0, 0.1) is 0 Å². The minimum atomic E-state index is -0.110. The van der Waals surface area contributed by atoms with Gasteiger partial charge in [-0.25, -0.2) is 0 Å². The second-order valence-corrected chi connectivity index (χ2v) is 6.97. The van der Waals surface area contributed by atoms with Gasteiger partial charge in [0.15, 0.2) is 11.5 Å². The lowest BCUT2D eigenvalue weighted by Gasteiger charge is -2.37. The average molecular weight is 369 g/mol. The van der Waals surface area contributed by atoms with Crippen LogP contribution >= 0.6 is 11.3 Å². The van der Waals surface area contributed by atoms with Gasteiger partial charge in [-0.05, 0) is 48.1 Å². The zero-order valence-corrected chi connectivity index (χ0v) is 16.1. The third-order valence-electron chi connectivity index (χ3n) is 4.51. The summed E-state index contributed by atoms with van der Waals surface area (Å²) in [6, 6.07) is 8.03. The number of allylic oxidation sites excluding steroid dienone is 3. The predicted octanol–water partition coefficient (Wildman–Crippen LogP) is 4.37. The summed E-state index contributed by atoms with van der Waals surface area (Å²) < 4.78 is 10.9. The third-order valence-corrected chi connectivity index (χ3v) is 5.44. The molecule has 0 bridgehead atoms. The summed E-state index contributed by atoms with van der Waals surface area (Å²) in [7, 11) is 3.28. The van der Waals surface area contributed by atoms with Crippen LogP contribution in [0.1, 0.15) is 29.0 Å². The standard InChI is InChI=1S/C21H23NO3S/c1-4-5-6-9-20(23)22-11-10-15-13-17(24-2)18(25-3)14-16(15)21(22)19-8-7-12-26-19/h4-9,12-14,21H,10-11H2,1-3H3/b5-4+,9-6+. The van der Waals surface area contributed by atoms with Crippen molar-refractivity contribution in [2.24, 2.45) is 0 Å². The molecule has 136 valence electrons. The average Bonchev–Trinajstić information content (AvgIpc) is 3.20. The molecule has 1 amide bonds. The molecule has 0 aliphatic carbocycles. The Balaban J connectivity index is 2.06. The molecule has 3 rings (SSSR count). The first-order valence-corrected chi connectivity index (χ1v) is 9.45. The number of thiophene rings is 1. The SMILES string of the molecule is C/C=C/C=C/C(=O)N1CCc2cc(OC)c(OC)cc2C1c1cccs1. The molecule has 1 unspecified atom stereocenters. The molecule has 2 heterocycles. The van der Waals surface area contributed by atoms with Crippen molar-refractivity contribution in [1.29, 1.82) is 0 Å². The van der Waals surface area contributed by atoms with Gasteiger partial charge in [-0.1, -0.05) is 24.3 Å². The van der Waals surface area contributed by atoms with Gasteiger partial charge >= 0.3 is 0 Å². The first-order valence-electron chi connectivity index (χ1n) is 8.57. The molecule has 2 aromatic rings. The minimum absolute atomic E-state index is 0.0157. The van der Waals surface area contributed by atoms with Crippen LogP contribution < -0.4 is 9.47 Å². The summed E-state index contributed by atoms with van der Waals surface area (Å²) in [4.78, 5) is 15.9. The Bertz CT molecular complexity index is 824. The molecule has 0 spiro atoms. The van der Waals surface area contributed by atoms with E-state index < -0.39 is 0 Å². The van der Waals surface area contributed by atoms with Gasteiger partial charge in [0.25, 0.3) is 0 Å². The fourth-order valence-electron chi connectivity index (χ4n) is 3.28. The van der Waals surface area contributed by atoms with Gasteiger partial charge < -0.3 is 14.4 Å². The molecule has 26 heavy (non-hydrogen) atoms. The van der Waals surface area contributed by atoms with Gasteiger partial charge in [-0.3, -0.25) is 4.79 Å². The number of methoxy groups -OCH3 is 2. The highest BCUT2D eigenvalue weighted by atomic mass is 32.1. The van der Waals surface area contributed by atoms with Crippen molar-refractivity contribution in [3.05, 3.63) is 70.0 Å². The van der Waals surface area contributed by atoms with E-state index >= 15 is 0 Å². The molecule has 4 nitrogen and oxygen atoms in total. The van der Waals surface area contributed by atoms with Gasteiger partial charge in [-0.15, -0.1) is 11.3 Å². The van der Waals surface area contributed by atoms with Crippen molar-refractivity contribution in [1.82, 2.24) is 4.90 Å². The predicted molar refractivity (Wildman–Crippen MR) is 105 cm³/mol. The van der Waals surface area contributed by atoms with Crippen LogP contribution in [0.4, 0.5) is 0 Å². The quantitative estimate of drug-likeness (QED) is 0.580. The van der Waals surface area contributed by atoms with E-state index in [2.05, 4.69) is 6.07 Å². The topological polar surface area (TPSA) is 38.8 Å². The number of amides is 1. The largest absolute Gasteiger partial charge is 0.493 e. The Hall–Kier alpha value is -2.53. The summed E-state index contributed by atoms with van der Waals surface area (Å²) in [6.45, 7) is 2.60. The molecule has 1 aromatic heterocycles. The Labute approximate surface area is 158 Å². The zero-order valence-electron chi connectivity index (χ0n) is 15.3. The van der Waals surface area contributed by atoms with Crippen LogP contribution in [0.3, 0.4) is 0 Å². The van der Waals surface area contributed by atoms with Gasteiger partial charge in [0, 0.05) is 17.5 Å². The van der Waals surface area contributed by atoms with Crippen molar-refractivity contribution in [3.8, 4) is 11.5 Å². The minimum Gasteiger partial charge on any atom is -0.493 e. The van der Waals surface area contributed by atoms with Crippen LogP contribution in [0.15, 0.2) is 53.9 Å². The highest BCUT2D eigenvalue weighted by Crippen LogP contribution is 2.42. The molecule has 0 saturated heterocycles. The highest BCUT2D eigenvalue weighted by molar-refractivity contribution is 7.10. The fraction of sp³-hybridized carbons (Fsp3) is 0.286. The van der Waals surface area contributed by atoms with E-state index in [0.717, 1.165) is 22.6 Å². The third kappa shape index (κ3) is 3.53. The summed E-state index contributed by atoms with van der Waals surface area (Å²) in [5.41, 5.74) is 2.30. The van der Waals surface area contributed by atoms with Crippen LogP contribution in [0.2, 0.25) is 0 Å². The lowest BCUT2D eigenvalue weighted by atomic mass is 9.90. The van der Waals surface area contributed by atoms with E-state index in [1.54, 1.807) is 37.7 Å². The van der Waals surface area contributed by atoms with E-state index in [4.69, 9.17) is 9.47 Å². The Morgan fingerprint density at radius 3 is 2.65 bits per heavy atom. The zero-order chi connectivity index (χ0) is 18.5. The monoisotopic (exact) mass is 369 g/mol. The lowest BCUT2D eigenvalue weighted by molar-refractivity contribution is -0.127. The summed E-state index contributed by atoms with van der Waals surface area (Å²) in [5, 5.41) is 2.04. The van der Waals surface area contributed by atoms with E-state index in [-0.39, 0.29) is 11.9 Å².